The van der Waals surface area contributed by atoms with Crippen LogP contribution in [0.15, 0.2) is 55.0 Å². The third kappa shape index (κ3) is 5.31. The molecule has 0 fully saturated rings. The van der Waals surface area contributed by atoms with Gasteiger partial charge in [-0.2, -0.15) is 0 Å². The number of hydrogen-bond donors (Lipinski definition) is 2. The van der Waals surface area contributed by atoms with Crippen molar-refractivity contribution in [3.63, 3.8) is 0 Å². The molecule has 1 aromatic carbocycles. The average Bonchev–Trinajstić information content (AvgIpc) is 2.63. The maximum atomic E-state index is 6.18. The summed E-state index contributed by atoms with van der Waals surface area (Å²) in [4.78, 5) is 12.7. The van der Waals surface area contributed by atoms with E-state index in [1.165, 1.54) is 6.33 Å². The van der Waals surface area contributed by atoms with Crippen molar-refractivity contribution in [1.82, 2.24) is 15.0 Å². The van der Waals surface area contributed by atoms with Crippen LogP contribution in [-0.4, -0.2) is 21.5 Å². The number of pyridine rings is 1. The molecule has 5 nitrogen and oxygen atoms in total. The van der Waals surface area contributed by atoms with E-state index in [-0.39, 0.29) is 0 Å². The lowest BCUT2D eigenvalue weighted by molar-refractivity contribution is 0.990. The largest absolute Gasteiger partial charge is 0.370 e. The highest BCUT2D eigenvalue weighted by Crippen LogP contribution is 2.21. The second-order valence-corrected chi connectivity index (χ2v) is 6.22. The van der Waals surface area contributed by atoms with E-state index in [1.807, 2.05) is 36.4 Å². The van der Waals surface area contributed by atoms with Crippen LogP contribution in [0.2, 0.25) is 10.0 Å². The molecule has 0 unspecified atom stereocenters. The molecule has 2 heterocycles. The molecule has 7 heteroatoms. The number of anilines is 2. The Kier molecular flexibility index (Phi) is 6.04. The summed E-state index contributed by atoms with van der Waals surface area (Å²) in [6, 6.07) is 13.2. The fraction of sp³-hybridized carbons (Fsp3) is 0.167. The number of benzene rings is 1. The number of hydrogen-bond acceptors (Lipinski definition) is 5. The van der Waals surface area contributed by atoms with Crippen LogP contribution in [0.3, 0.4) is 0 Å². The summed E-state index contributed by atoms with van der Waals surface area (Å²) in [5, 5.41) is 7.83. The lowest BCUT2D eigenvalue weighted by Gasteiger charge is -2.09. The third-order valence-corrected chi connectivity index (χ3v) is 4.15. The van der Waals surface area contributed by atoms with Gasteiger partial charge in [0.15, 0.2) is 0 Å². The highest BCUT2D eigenvalue weighted by molar-refractivity contribution is 6.35. The molecule has 0 aliphatic carbocycles. The van der Waals surface area contributed by atoms with Gasteiger partial charge in [0.05, 0.1) is 12.2 Å². The summed E-state index contributed by atoms with van der Waals surface area (Å²) in [7, 11) is 0. The summed E-state index contributed by atoms with van der Waals surface area (Å²) in [5.74, 6) is 1.50. The molecule has 2 N–H and O–H groups in total. The Balaban J connectivity index is 1.53. The SMILES string of the molecule is Clc1ccc(CCNc2cc(NCc3ccccn3)ncn2)c(Cl)c1. The van der Waals surface area contributed by atoms with Gasteiger partial charge in [0.2, 0.25) is 0 Å². The number of rotatable bonds is 7. The van der Waals surface area contributed by atoms with Crippen molar-refractivity contribution in [1.29, 1.82) is 0 Å². The Hall–Kier alpha value is -2.37. The lowest BCUT2D eigenvalue weighted by Crippen LogP contribution is -2.08. The van der Waals surface area contributed by atoms with Crippen LogP contribution in [0, 0.1) is 0 Å². The van der Waals surface area contributed by atoms with Gasteiger partial charge in [-0.05, 0) is 36.2 Å². The Morgan fingerprint density at radius 1 is 0.880 bits per heavy atom. The molecule has 3 aromatic rings. The molecule has 3 rings (SSSR count). The van der Waals surface area contributed by atoms with Crippen molar-refractivity contribution in [2.75, 3.05) is 17.2 Å². The zero-order valence-corrected chi connectivity index (χ0v) is 14.9. The molecule has 0 saturated carbocycles. The summed E-state index contributed by atoms with van der Waals surface area (Å²) in [6.07, 6.45) is 4.07. The van der Waals surface area contributed by atoms with Crippen molar-refractivity contribution in [2.24, 2.45) is 0 Å². The van der Waals surface area contributed by atoms with Crippen molar-refractivity contribution in [2.45, 2.75) is 13.0 Å². The van der Waals surface area contributed by atoms with Gasteiger partial charge in [-0.1, -0.05) is 35.3 Å². The van der Waals surface area contributed by atoms with Crippen molar-refractivity contribution < 1.29 is 0 Å². The zero-order chi connectivity index (χ0) is 17.5. The maximum absolute atomic E-state index is 6.18. The standard InChI is InChI=1S/C18H17Cl2N5/c19-14-5-4-13(16(20)9-14)6-8-22-17-10-18(25-12-24-17)23-11-15-3-1-2-7-21-15/h1-5,7,9-10,12H,6,8,11H2,(H2,22,23,24,25). The molecule has 25 heavy (non-hydrogen) atoms. The van der Waals surface area contributed by atoms with Crippen LogP contribution in [0.4, 0.5) is 11.6 Å². The summed E-state index contributed by atoms with van der Waals surface area (Å²) >= 11 is 12.1. The summed E-state index contributed by atoms with van der Waals surface area (Å²) < 4.78 is 0. The number of nitrogens with one attached hydrogen (secondary N) is 2. The summed E-state index contributed by atoms with van der Waals surface area (Å²) in [6.45, 7) is 1.32. The Morgan fingerprint density at radius 2 is 1.72 bits per heavy atom. The fourth-order valence-corrected chi connectivity index (χ4v) is 2.79. The molecule has 0 aliphatic rings. The first kappa shape index (κ1) is 17.5. The zero-order valence-electron chi connectivity index (χ0n) is 13.4. The van der Waals surface area contributed by atoms with Crippen LogP contribution < -0.4 is 10.6 Å². The number of aromatic nitrogens is 3. The van der Waals surface area contributed by atoms with Crippen molar-refractivity contribution in [3.05, 3.63) is 76.3 Å². The minimum atomic E-state index is 0.609. The van der Waals surface area contributed by atoms with E-state index in [4.69, 9.17) is 23.2 Å². The first-order chi connectivity index (χ1) is 12.2. The normalized spacial score (nSPS) is 10.5. The van der Waals surface area contributed by atoms with Crippen LogP contribution in [-0.2, 0) is 13.0 Å². The smallest absolute Gasteiger partial charge is 0.131 e. The fourth-order valence-electron chi connectivity index (χ4n) is 2.28. The van der Waals surface area contributed by atoms with Gasteiger partial charge >= 0.3 is 0 Å². The molecule has 2 aromatic heterocycles. The van der Waals surface area contributed by atoms with Gasteiger partial charge in [0.25, 0.3) is 0 Å². The van der Waals surface area contributed by atoms with E-state index in [2.05, 4.69) is 25.6 Å². The van der Waals surface area contributed by atoms with Crippen molar-refractivity contribution in [3.8, 4) is 0 Å². The predicted molar refractivity (Wildman–Crippen MR) is 102 cm³/mol. The van der Waals surface area contributed by atoms with E-state index < -0.39 is 0 Å². The predicted octanol–water partition coefficient (Wildman–Crippen LogP) is 4.45. The van der Waals surface area contributed by atoms with Crippen LogP contribution in [0.5, 0.6) is 0 Å². The molecule has 0 spiro atoms. The van der Waals surface area contributed by atoms with Gasteiger partial charge in [-0.25, -0.2) is 9.97 Å². The first-order valence-electron chi connectivity index (χ1n) is 7.84. The van der Waals surface area contributed by atoms with Gasteiger partial charge < -0.3 is 10.6 Å². The molecular formula is C18H17Cl2N5. The first-order valence-corrected chi connectivity index (χ1v) is 8.60. The van der Waals surface area contributed by atoms with E-state index in [9.17, 15) is 0 Å². The molecule has 0 bridgehead atoms. The number of nitrogens with zero attached hydrogens (tertiary/aromatic N) is 3. The second-order valence-electron chi connectivity index (χ2n) is 5.38. The van der Waals surface area contributed by atoms with Crippen LogP contribution >= 0.6 is 23.2 Å². The van der Waals surface area contributed by atoms with E-state index in [1.54, 1.807) is 12.3 Å². The van der Waals surface area contributed by atoms with Crippen LogP contribution in [0.25, 0.3) is 0 Å². The van der Waals surface area contributed by atoms with Gasteiger partial charge in [0.1, 0.15) is 18.0 Å². The van der Waals surface area contributed by atoms with E-state index in [0.717, 1.165) is 29.3 Å². The second kappa shape index (κ2) is 8.65. The Bertz CT molecular complexity index is 827. The van der Waals surface area contributed by atoms with E-state index in [0.29, 0.717) is 23.1 Å². The Morgan fingerprint density at radius 3 is 2.48 bits per heavy atom. The number of halogens is 2. The molecule has 0 saturated heterocycles. The molecule has 128 valence electrons. The minimum Gasteiger partial charge on any atom is -0.370 e. The monoisotopic (exact) mass is 373 g/mol. The lowest BCUT2D eigenvalue weighted by atomic mass is 10.1. The average molecular weight is 374 g/mol. The maximum Gasteiger partial charge on any atom is 0.131 e. The molecule has 0 amide bonds. The highest BCUT2D eigenvalue weighted by Gasteiger charge is 2.03. The van der Waals surface area contributed by atoms with Gasteiger partial charge in [0, 0.05) is 28.9 Å². The van der Waals surface area contributed by atoms with Crippen LogP contribution in [0.1, 0.15) is 11.3 Å². The van der Waals surface area contributed by atoms with E-state index >= 15 is 0 Å². The van der Waals surface area contributed by atoms with Gasteiger partial charge in [-0.15, -0.1) is 0 Å². The van der Waals surface area contributed by atoms with Crippen molar-refractivity contribution >= 4 is 34.8 Å². The molecule has 0 atom stereocenters. The minimum absolute atomic E-state index is 0.609. The third-order valence-electron chi connectivity index (χ3n) is 3.56. The highest BCUT2D eigenvalue weighted by atomic mass is 35.5. The quantitative estimate of drug-likeness (QED) is 0.640. The molecular weight excluding hydrogens is 357 g/mol. The summed E-state index contributed by atoms with van der Waals surface area (Å²) in [5.41, 5.74) is 1.99. The molecule has 0 aliphatic heterocycles. The van der Waals surface area contributed by atoms with Gasteiger partial charge in [-0.3, -0.25) is 4.98 Å². The Labute approximate surface area is 156 Å². The molecule has 0 radical (unpaired) electrons. The topological polar surface area (TPSA) is 62.7 Å².